The highest BCUT2D eigenvalue weighted by molar-refractivity contribution is 7.51. The molecule has 2 aromatic rings. The van der Waals surface area contributed by atoms with Crippen LogP contribution in [-0.2, 0) is 11.8 Å². The van der Waals surface area contributed by atoms with Gasteiger partial charge in [-0.05, 0) is 60.4 Å². The van der Waals surface area contributed by atoms with Crippen LogP contribution >= 0.6 is 8.58 Å². The van der Waals surface area contributed by atoms with Crippen LogP contribution in [0.2, 0.25) is 0 Å². The maximum atomic E-state index is 12.9. The predicted molar refractivity (Wildman–Crippen MR) is 110 cm³/mol. The van der Waals surface area contributed by atoms with Gasteiger partial charge in [-0.15, -0.1) is 0 Å². The van der Waals surface area contributed by atoms with Gasteiger partial charge >= 0.3 is 0 Å². The monoisotopic (exact) mass is 378 g/mol. The van der Waals surface area contributed by atoms with Crippen molar-refractivity contribution in [3.63, 3.8) is 0 Å². The van der Waals surface area contributed by atoms with Gasteiger partial charge in [0, 0.05) is 30.9 Å². The van der Waals surface area contributed by atoms with Crippen molar-refractivity contribution >= 4 is 30.7 Å². The Labute approximate surface area is 160 Å². The number of carbonyl (C=O) groups excluding carboxylic acids is 1. The van der Waals surface area contributed by atoms with E-state index in [2.05, 4.69) is 40.9 Å². The minimum atomic E-state index is 0.0934. The van der Waals surface area contributed by atoms with E-state index in [-0.39, 0.29) is 11.7 Å². The van der Waals surface area contributed by atoms with Crippen LogP contribution in [0.15, 0.2) is 54.4 Å². The number of nitrogens with zero attached hydrogens (tertiary/aromatic N) is 3. The first-order valence-corrected chi connectivity index (χ1v) is 10.6. The molecule has 5 nitrogen and oxygen atoms in total. The maximum Gasteiger partial charge on any atom is 0.252 e. The number of fused-ring (bicyclic) bond motifs is 2. The second-order valence-electron chi connectivity index (χ2n) is 7.48. The molecule has 27 heavy (non-hydrogen) atoms. The van der Waals surface area contributed by atoms with Crippen molar-refractivity contribution < 1.29 is 4.79 Å². The molecule has 1 aromatic carbocycles. The molecule has 4 heterocycles. The second kappa shape index (κ2) is 6.74. The Morgan fingerprint density at radius 3 is 2.96 bits per heavy atom. The summed E-state index contributed by atoms with van der Waals surface area (Å²) in [6, 6.07) is 6.27. The lowest BCUT2D eigenvalue weighted by Gasteiger charge is -2.36. The molecule has 1 aromatic heterocycles. The molecular formula is C21H23N4OP. The summed E-state index contributed by atoms with van der Waals surface area (Å²) in [5.41, 5.74) is 3.42. The molecule has 3 aliphatic heterocycles. The third-order valence-corrected chi connectivity index (χ3v) is 7.14. The zero-order valence-corrected chi connectivity index (χ0v) is 16.4. The molecule has 138 valence electrons. The maximum absolute atomic E-state index is 12.9. The number of aryl methyl sites for hydroxylation is 1. The normalized spacial score (nSPS) is 24.3. The van der Waals surface area contributed by atoms with Gasteiger partial charge < -0.3 is 10.2 Å². The molecule has 1 N–H and O–H groups in total. The number of hydrogen-bond donors (Lipinski definition) is 1. The average Bonchev–Trinajstić information content (AvgIpc) is 3.07. The zero-order chi connectivity index (χ0) is 18.4. The number of aromatic nitrogens is 2. The number of nitrogens with one attached hydrogen (secondary N) is 1. The molecule has 1 amide bonds. The fraction of sp³-hybridized carbons (Fsp3) is 0.333. The van der Waals surface area contributed by atoms with E-state index in [9.17, 15) is 4.79 Å². The van der Waals surface area contributed by atoms with E-state index >= 15 is 0 Å². The number of amides is 1. The Hall–Kier alpha value is -2.23. The molecule has 2 unspecified atom stereocenters. The van der Waals surface area contributed by atoms with Gasteiger partial charge in [-0.3, -0.25) is 9.48 Å². The molecule has 0 aliphatic carbocycles. The molecule has 0 radical (unpaired) electrons. The van der Waals surface area contributed by atoms with Crippen molar-refractivity contribution in [3.05, 3.63) is 60.0 Å². The van der Waals surface area contributed by atoms with Gasteiger partial charge in [0.05, 0.1) is 11.3 Å². The van der Waals surface area contributed by atoms with Crippen LogP contribution in [0.4, 0.5) is 0 Å². The summed E-state index contributed by atoms with van der Waals surface area (Å²) >= 11 is 0. The number of rotatable bonds is 2. The van der Waals surface area contributed by atoms with E-state index in [0.717, 1.165) is 47.7 Å². The Bertz CT molecular complexity index is 997. The molecule has 3 aliphatic rings. The number of benzene rings is 1. The van der Waals surface area contributed by atoms with Crippen molar-refractivity contribution in [3.8, 4) is 0 Å². The van der Waals surface area contributed by atoms with Gasteiger partial charge in [-0.2, -0.15) is 5.10 Å². The fourth-order valence-corrected chi connectivity index (χ4v) is 5.56. The molecule has 6 heteroatoms. The van der Waals surface area contributed by atoms with Gasteiger partial charge in [0.25, 0.3) is 5.91 Å². The van der Waals surface area contributed by atoms with Gasteiger partial charge in [0.2, 0.25) is 0 Å². The largest absolute Gasteiger partial charge is 0.317 e. The fourth-order valence-electron chi connectivity index (χ4n) is 4.18. The minimum Gasteiger partial charge on any atom is -0.317 e. The summed E-state index contributed by atoms with van der Waals surface area (Å²) in [6.45, 7) is 2.13. The third kappa shape index (κ3) is 3.15. The highest BCUT2D eigenvalue weighted by atomic mass is 31.1. The van der Waals surface area contributed by atoms with Crippen LogP contribution in [-0.4, -0.2) is 39.5 Å². The Kier molecular flexibility index (Phi) is 4.22. The van der Waals surface area contributed by atoms with E-state index in [4.69, 9.17) is 0 Å². The first-order chi connectivity index (χ1) is 13.2. The van der Waals surface area contributed by atoms with Crippen molar-refractivity contribution in [2.24, 2.45) is 13.0 Å². The summed E-state index contributed by atoms with van der Waals surface area (Å²) < 4.78 is 1.83. The van der Waals surface area contributed by atoms with E-state index in [1.165, 1.54) is 5.57 Å². The van der Waals surface area contributed by atoms with Crippen LogP contribution in [0.25, 0.3) is 16.2 Å². The number of allylic oxidation sites excluding steroid dienone is 2. The van der Waals surface area contributed by atoms with Crippen molar-refractivity contribution in [1.82, 2.24) is 20.0 Å². The first kappa shape index (κ1) is 16.9. The number of carbonyl (C=O) groups is 1. The summed E-state index contributed by atoms with van der Waals surface area (Å²) in [4.78, 5) is 14.8. The van der Waals surface area contributed by atoms with Crippen molar-refractivity contribution in [1.29, 1.82) is 0 Å². The molecule has 2 atom stereocenters. The Morgan fingerprint density at radius 2 is 2.11 bits per heavy atom. The summed E-state index contributed by atoms with van der Waals surface area (Å²) in [6.07, 6.45) is 12.7. The summed E-state index contributed by atoms with van der Waals surface area (Å²) in [7, 11) is 2.49. The van der Waals surface area contributed by atoms with Gasteiger partial charge in [0.1, 0.15) is 0 Å². The molecule has 0 bridgehead atoms. The first-order valence-electron chi connectivity index (χ1n) is 9.52. The topological polar surface area (TPSA) is 50.2 Å². The number of piperidine rings is 1. The zero-order valence-electron chi connectivity index (χ0n) is 15.4. The Balaban J connectivity index is 1.42. The van der Waals surface area contributed by atoms with Gasteiger partial charge in [0.15, 0.2) is 0 Å². The van der Waals surface area contributed by atoms with Crippen LogP contribution in [0.5, 0.6) is 0 Å². The lowest BCUT2D eigenvalue weighted by Crippen LogP contribution is -2.37. The number of hydrogen-bond acceptors (Lipinski definition) is 3. The highest BCUT2D eigenvalue weighted by Crippen LogP contribution is 2.45. The summed E-state index contributed by atoms with van der Waals surface area (Å²) in [5, 5.41) is 10.1. The third-order valence-electron chi connectivity index (χ3n) is 5.62. The van der Waals surface area contributed by atoms with Crippen molar-refractivity contribution in [2.75, 3.05) is 13.1 Å². The van der Waals surface area contributed by atoms with Crippen LogP contribution < -0.4 is 5.32 Å². The predicted octanol–water partition coefficient (Wildman–Crippen LogP) is 3.21. The minimum absolute atomic E-state index is 0.0934. The van der Waals surface area contributed by atoms with E-state index < -0.39 is 0 Å². The van der Waals surface area contributed by atoms with E-state index in [1.807, 2.05) is 35.0 Å². The van der Waals surface area contributed by atoms with Crippen LogP contribution in [0.1, 0.15) is 18.4 Å². The molecule has 1 fully saturated rings. The smallest absolute Gasteiger partial charge is 0.252 e. The standard InChI is InChI=1S/C21H23N4OP/c1-24-12-17-10-15(2-4-18(17)23-24)19-11-20(26)25-13-16(3-5-21(25)27-19)14-6-8-22-9-7-14/h2-5,10-14,21-22,27H,6-9H2,1H3. The summed E-state index contributed by atoms with van der Waals surface area (Å²) in [5.74, 6) is 0.807. The molecular weight excluding hydrogens is 355 g/mol. The lowest BCUT2D eigenvalue weighted by atomic mass is 9.89. The van der Waals surface area contributed by atoms with Crippen molar-refractivity contribution in [2.45, 2.75) is 18.6 Å². The lowest BCUT2D eigenvalue weighted by molar-refractivity contribution is -0.123. The average molecular weight is 378 g/mol. The molecule has 0 spiro atoms. The molecule has 0 saturated carbocycles. The highest BCUT2D eigenvalue weighted by Gasteiger charge is 2.30. The second-order valence-corrected chi connectivity index (χ2v) is 8.90. The van der Waals surface area contributed by atoms with Crippen LogP contribution in [0, 0.1) is 5.92 Å². The van der Waals surface area contributed by atoms with E-state index in [0.29, 0.717) is 14.5 Å². The van der Waals surface area contributed by atoms with E-state index in [1.54, 1.807) is 0 Å². The van der Waals surface area contributed by atoms with Gasteiger partial charge in [-0.1, -0.05) is 26.8 Å². The van der Waals surface area contributed by atoms with Gasteiger partial charge in [-0.25, -0.2) is 0 Å². The molecule has 1 saturated heterocycles. The SMILES string of the molecule is Cn1cc2cc(C3=CC(=O)N4C=C(C5CCNCC5)C=CC4P3)ccc2n1. The Morgan fingerprint density at radius 1 is 1.26 bits per heavy atom. The quantitative estimate of drug-likeness (QED) is 0.817. The molecule has 5 rings (SSSR count). The van der Waals surface area contributed by atoms with Crippen LogP contribution in [0.3, 0.4) is 0 Å².